The van der Waals surface area contributed by atoms with Crippen molar-refractivity contribution in [3.05, 3.63) is 69.4 Å². The Morgan fingerprint density at radius 2 is 2.11 bits per heavy atom. The van der Waals surface area contributed by atoms with Gasteiger partial charge in [-0.15, -0.1) is 0 Å². The fraction of sp³-hybridized carbons (Fsp3) is 0.143. The molecule has 0 aliphatic heterocycles. The van der Waals surface area contributed by atoms with Crippen LogP contribution in [-0.2, 0) is 6.54 Å². The number of nitrogens with two attached hydrogens (primary N) is 1. The summed E-state index contributed by atoms with van der Waals surface area (Å²) in [7, 11) is 0. The minimum Gasteiger partial charge on any atom is -0.389 e. The van der Waals surface area contributed by atoms with E-state index in [1.54, 1.807) is 18.3 Å². The number of benzene rings is 1. The molecule has 0 atom stereocenters. The molecule has 1 heterocycles. The predicted molar refractivity (Wildman–Crippen MR) is 76.8 cm³/mol. The largest absolute Gasteiger partial charge is 0.389 e. The van der Waals surface area contributed by atoms with Crippen molar-refractivity contribution in [3.8, 4) is 0 Å². The SMILES string of the molecule is Cc1ccn(Cc2cc(C(N)=S)ccc2F)c(=O)c1. The number of hydrogen-bond acceptors (Lipinski definition) is 2. The minimum atomic E-state index is -0.382. The van der Waals surface area contributed by atoms with Gasteiger partial charge in [-0.1, -0.05) is 12.2 Å². The van der Waals surface area contributed by atoms with Crippen LogP contribution < -0.4 is 11.3 Å². The number of aromatic nitrogens is 1. The second-order valence-electron chi connectivity index (χ2n) is 4.34. The van der Waals surface area contributed by atoms with Crippen LogP contribution >= 0.6 is 12.2 Å². The molecule has 0 saturated carbocycles. The first kappa shape index (κ1) is 13.4. The Bertz CT molecular complexity index is 694. The van der Waals surface area contributed by atoms with Crippen molar-refractivity contribution < 1.29 is 4.39 Å². The molecule has 0 amide bonds. The summed E-state index contributed by atoms with van der Waals surface area (Å²) >= 11 is 4.86. The van der Waals surface area contributed by atoms with E-state index in [0.29, 0.717) is 11.1 Å². The fourth-order valence-electron chi connectivity index (χ4n) is 1.77. The van der Waals surface area contributed by atoms with Crippen molar-refractivity contribution in [2.75, 3.05) is 0 Å². The van der Waals surface area contributed by atoms with Crippen LogP contribution in [0.15, 0.2) is 41.3 Å². The molecule has 0 radical (unpaired) electrons. The first-order valence-corrected chi connectivity index (χ1v) is 6.13. The number of hydrogen-bond donors (Lipinski definition) is 1. The molecule has 0 unspecified atom stereocenters. The maximum absolute atomic E-state index is 13.7. The molecular formula is C14H13FN2OS. The van der Waals surface area contributed by atoms with Gasteiger partial charge in [0, 0.05) is 23.4 Å². The molecule has 2 aromatic rings. The number of pyridine rings is 1. The molecule has 0 fully saturated rings. The Balaban J connectivity index is 2.40. The van der Waals surface area contributed by atoms with Gasteiger partial charge in [-0.3, -0.25) is 4.79 Å². The molecule has 2 rings (SSSR count). The van der Waals surface area contributed by atoms with Crippen molar-refractivity contribution in [3.63, 3.8) is 0 Å². The van der Waals surface area contributed by atoms with Crippen LogP contribution in [0.2, 0.25) is 0 Å². The van der Waals surface area contributed by atoms with E-state index in [-0.39, 0.29) is 22.9 Å². The Hall–Kier alpha value is -2.01. The molecule has 1 aromatic heterocycles. The Morgan fingerprint density at radius 1 is 1.37 bits per heavy atom. The molecule has 2 N–H and O–H groups in total. The zero-order chi connectivity index (χ0) is 14.0. The van der Waals surface area contributed by atoms with Crippen molar-refractivity contribution in [1.29, 1.82) is 0 Å². The van der Waals surface area contributed by atoms with Crippen molar-refractivity contribution in [1.82, 2.24) is 4.57 Å². The summed E-state index contributed by atoms with van der Waals surface area (Å²) in [5.74, 6) is -0.382. The molecule has 1 aromatic carbocycles. The number of halogens is 1. The average molecular weight is 276 g/mol. The fourth-order valence-corrected chi connectivity index (χ4v) is 1.90. The van der Waals surface area contributed by atoms with Crippen LogP contribution in [0.4, 0.5) is 4.39 Å². The highest BCUT2D eigenvalue weighted by Crippen LogP contribution is 2.12. The van der Waals surface area contributed by atoms with Gasteiger partial charge in [0.25, 0.3) is 5.56 Å². The van der Waals surface area contributed by atoms with Crippen LogP contribution in [0, 0.1) is 12.7 Å². The zero-order valence-electron chi connectivity index (χ0n) is 10.4. The van der Waals surface area contributed by atoms with Crippen LogP contribution in [0.1, 0.15) is 16.7 Å². The van der Waals surface area contributed by atoms with Crippen LogP contribution in [0.25, 0.3) is 0 Å². The van der Waals surface area contributed by atoms with Crippen molar-refractivity contribution in [2.45, 2.75) is 13.5 Å². The number of rotatable bonds is 3. The summed E-state index contributed by atoms with van der Waals surface area (Å²) in [6.45, 7) is 1.99. The molecule has 0 saturated heterocycles. The number of nitrogens with zero attached hydrogens (tertiary/aromatic N) is 1. The molecule has 0 spiro atoms. The third-order valence-corrected chi connectivity index (χ3v) is 3.06. The van der Waals surface area contributed by atoms with Gasteiger partial charge in [0.15, 0.2) is 0 Å². The van der Waals surface area contributed by atoms with Gasteiger partial charge in [-0.25, -0.2) is 4.39 Å². The minimum absolute atomic E-state index is 0.154. The highest BCUT2D eigenvalue weighted by molar-refractivity contribution is 7.80. The molecule has 0 aliphatic carbocycles. The Kier molecular flexibility index (Phi) is 3.76. The smallest absolute Gasteiger partial charge is 0.251 e. The van der Waals surface area contributed by atoms with Crippen molar-refractivity contribution >= 4 is 17.2 Å². The van der Waals surface area contributed by atoms with Crippen LogP contribution in [0.5, 0.6) is 0 Å². The molecule has 5 heteroatoms. The topological polar surface area (TPSA) is 48.0 Å². The quantitative estimate of drug-likeness (QED) is 0.872. The lowest BCUT2D eigenvalue weighted by Crippen LogP contribution is -2.20. The van der Waals surface area contributed by atoms with Gasteiger partial charge in [-0.2, -0.15) is 0 Å². The first-order chi connectivity index (χ1) is 8.97. The first-order valence-electron chi connectivity index (χ1n) is 5.72. The normalized spacial score (nSPS) is 10.4. The molecule has 0 bridgehead atoms. The van der Waals surface area contributed by atoms with Gasteiger partial charge in [-0.05, 0) is 36.8 Å². The Morgan fingerprint density at radius 3 is 2.74 bits per heavy atom. The number of aryl methyl sites for hydroxylation is 1. The Labute approximate surface area is 115 Å². The van der Waals surface area contributed by atoms with Gasteiger partial charge in [0.1, 0.15) is 10.8 Å². The van der Waals surface area contributed by atoms with Gasteiger partial charge >= 0.3 is 0 Å². The third-order valence-electron chi connectivity index (χ3n) is 2.82. The van der Waals surface area contributed by atoms with E-state index in [2.05, 4.69) is 0 Å². The highest BCUT2D eigenvalue weighted by atomic mass is 32.1. The van der Waals surface area contributed by atoms with E-state index in [0.717, 1.165) is 5.56 Å². The summed E-state index contributed by atoms with van der Waals surface area (Å²) in [4.78, 5) is 12.0. The van der Waals surface area contributed by atoms with Crippen LogP contribution in [0.3, 0.4) is 0 Å². The summed E-state index contributed by atoms with van der Waals surface area (Å²) < 4.78 is 15.2. The molecular weight excluding hydrogens is 263 g/mol. The second-order valence-corrected chi connectivity index (χ2v) is 4.78. The lowest BCUT2D eigenvalue weighted by molar-refractivity contribution is 0.596. The van der Waals surface area contributed by atoms with Crippen molar-refractivity contribution in [2.24, 2.45) is 5.73 Å². The summed E-state index contributed by atoms with van der Waals surface area (Å²) in [5, 5.41) is 0. The average Bonchev–Trinajstić information content (AvgIpc) is 2.34. The lowest BCUT2D eigenvalue weighted by Gasteiger charge is -2.09. The molecule has 19 heavy (non-hydrogen) atoms. The monoisotopic (exact) mass is 276 g/mol. The highest BCUT2D eigenvalue weighted by Gasteiger charge is 2.07. The summed E-state index contributed by atoms with van der Waals surface area (Å²) in [5.41, 5.74) is 7.20. The van der Waals surface area contributed by atoms with E-state index >= 15 is 0 Å². The number of thiocarbonyl (C=S) groups is 1. The standard InChI is InChI=1S/C14H13FN2OS/c1-9-4-5-17(13(18)6-9)8-11-7-10(14(16)19)2-3-12(11)15/h2-7H,8H2,1H3,(H2,16,19). The molecule has 3 nitrogen and oxygen atoms in total. The maximum atomic E-state index is 13.7. The van der Waals surface area contributed by atoms with Crippen LogP contribution in [-0.4, -0.2) is 9.56 Å². The maximum Gasteiger partial charge on any atom is 0.251 e. The molecule has 0 aliphatic rings. The van der Waals surface area contributed by atoms with E-state index in [4.69, 9.17) is 18.0 Å². The molecule has 98 valence electrons. The zero-order valence-corrected chi connectivity index (χ0v) is 11.2. The van der Waals surface area contributed by atoms with Gasteiger partial charge < -0.3 is 10.3 Å². The summed E-state index contributed by atoms with van der Waals surface area (Å²) in [6, 6.07) is 7.72. The lowest BCUT2D eigenvalue weighted by atomic mass is 10.1. The predicted octanol–water partition coefficient (Wildman–Crippen LogP) is 1.98. The second kappa shape index (κ2) is 5.32. The summed E-state index contributed by atoms with van der Waals surface area (Å²) in [6.07, 6.45) is 1.64. The van der Waals surface area contributed by atoms with E-state index in [1.165, 1.54) is 22.8 Å². The van der Waals surface area contributed by atoms with E-state index in [1.807, 2.05) is 6.92 Å². The van der Waals surface area contributed by atoms with Gasteiger partial charge in [0.05, 0.1) is 6.54 Å². The van der Waals surface area contributed by atoms with E-state index in [9.17, 15) is 9.18 Å². The third kappa shape index (κ3) is 3.06. The van der Waals surface area contributed by atoms with E-state index < -0.39 is 0 Å². The van der Waals surface area contributed by atoms with Gasteiger partial charge in [0.2, 0.25) is 0 Å².